The number of nitrogens with zero attached hydrogens (tertiary/aromatic N) is 2. The van der Waals surface area contributed by atoms with Crippen molar-refractivity contribution in [3.8, 4) is 0 Å². The zero-order chi connectivity index (χ0) is 18.4. The fourth-order valence-electron chi connectivity index (χ4n) is 2.70. The molecule has 0 radical (unpaired) electrons. The quantitative estimate of drug-likeness (QED) is 0.762. The number of rotatable bonds is 8. The molecular formula is C20H29N3OS. The Kier molecular flexibility index (Phi) is 7.14. The van der Waals surface area contributed by atoms with Gasteiger partial charge in [-0.1, -0.05) is 52.0 Å². The van der Waals surface area contributed by atoms with Crippen molar-refractivity contribution in [1.82, 2.24) is 15.2 Å². The Balaban J connectivity index is 2.07. The van der Waals surface area contributed by atoms with Gasteiger partial charge in [-0.05, 0) is 31.1 Å². The molecule has 0 saturated heterocycles. The summed E-state index contributed by atoms with van der Waals surface area (Å²) in [6.07, 6.45) is 0. The van der Waals surface area contributed by atoms with Gasteiger partial charge in [0.2, 0.25) is 0 Å². The maximum absolute atomic E-state index is 12.6. The number of nitrogens with one attached hydrogen (secondary N) is 1. The second-order valence-corrected chi connectivity index (χ2v) is 7.56. The first kappa shape index (κ1) is 19.6. The molecule has 2 aromatic rings. The van der Waals surface area contributed by atoms with Gasteiger partial charge >= 0.3 is 0 Å². The van der Waals surface area contributed by atoms with Crippen LogP contribution in [0.3, 0.4) is 0 Å². The zero-order valence-corrected chi connectivity index (χ0v) is 16.7. The molecule has 0 aliphatic carbocycles. The van der Waals surface area contributed by atoms with Crippen LogP contribution in [0.5, 0.6) is 0 Å². The molecule has 0 spiro atoms. The van der Waals surface area contributed by atoms with Crippen molar-refractivity contribution in [2.75, 3.05) is 13.1 Å². The molecule has 1 aromatic heterocycles. The number of carbonyl (C=O) groups is 1. The number of amides is 1. The molecule has 1 N–H and O–H groups in total. The molecule has 0 fully saturated rings. The summed E-state index contributed by atoms with van der Waals surface area (Å²) in [6, 6.07) is 8.33. The van der Waals surface area contributed by atoms with Crippen molar-refractivity contribution in [2.45, 2.75) is 53.6 Å². The van der Waals surface area contributed by atoms with Crippen LogP contribution < -0.4 is 5.32 Å². The summed E-state index contributed by atoms with van der Waals surface area (Å²) in [4.78, 5) is 20.2. The van der Waals surface area contributed by atoms with Crippen molar-refractivity contribution in [2.24, 2.45) is 0 Å². The Morgan fingerprint density at radius 1 is 1.20 bits per heavy atom. The average molecular weight is 360 g/mol. The van der Waals surface area contributed by atoms with Crippen LogP contribution in [0, 0.1) is 6.92 Å². The summed E-state index contributed by atoms with van der Waals surface area (Å²) in [6.45, 7) is 14.0. The van der Waals surface area contributed by atoms with Crippen LogP contribution in [-0.4, -0.2) is 28.9 Å². The Morgan fingerprint density at radius 2 is 1.84 bits per heavy atom. The lowest BCUT2D eigenvalue weighted by atomic mass is 10.1. The number of carbonyl (C=O) groups excluding carboxylic acids is 1. The highest BCUT2D eigenvalue weighted by Gasteiger charge is 2.17. The molecule has 0 bridgehead atoms. The smallest absolute Gasteiger partial charge is 0.263 e. The molecular weight excluding hydrogens is 330 g/mol. The monoisotopic (exact) mass is 359 g/mol. The Labute approximate surface area is 155 Å². The molecule has 0 saturated carbocycles. The molecule has 1 heterocycles. The van der Waals surface area contributed by atoms with Crippen LogP contribution in [0.25, 0.3) is 0 Å². The topological polar surface area (TPSA) is 45.2 Å². The molecule has 0 aliphatic rings. The van der Waals surface area contributed by atoms with Crippen LogP contribution in [0.1, 0.15) is 65.1 Å². The van der Waals surface area contributed by atoms with Crippen molar-refractivity contribution in [1.29, 1.82) is 0 Å². The van der Waals surface area contributed by atoms with E-state index in [0.717, 1.165) is 35.2 Å². The summed E-state index contributed by atoms with van der Waals surface area (Å²) in [5.41, 5.74) is 3.27. The predicted molar refractivity (Wildman–Crippen MR) is 105 cm³/mol. The van der Waals surface area contributed by atoms with Gasteiger partial charge < -0.3 is 5.32 Å². The average Bonchev–Trinajstić information content (AvgIpc) is 3.00. The Morgan fingerprint density at radius 3 is 2.40 bits per heavy atom. The number of aromatic nitrogens is 1. The third kappa shape index (κ3) is 5.13. The summed E-state index contributed by atoms with van der Waals surface area (Å²) in [5.74, 6) is 0.319. The summed E-state index contributed by atoms with van der Waals surface area (Å²) in [7, 11) is 0. The van der Waals surface area contributed by atoms with Crippen LogP contribution in [0.4, 0.5) is 0 Å². The summed E-state index contributed by atoms with van der Waals surface area (Å²) >= 11 is 1.50. The fourth-order valence-corrected chi connectivity index (χ4v) is 3.69. The minimum atomic E-state index is -0.0282. The molecule has 0 unspecified atom stereocenters. The molecule has 25 heavy (non-hydrogen) atoms. The molecule has 0 aliphatic heterocycles. The number of aryl methyl sites for hydroxylation is 1. The number of benzene rings is 1. The van der Waals surface area contributed by atoms with E-state index in [1.165, 1.54) is 22.5 Å². The van der Waals surface area contributed by atoms with E-state index < -0.39 is 0 Å². The largest absolute Gasteiger partial charge is 0.347 e. The Bertz CT molecular complexity index is 705. The van der Waals surface area contributed by atoms with E-state index in [9.17, 15) is 4.79 Å². The standard InChI is InChI=1S/C20H29N3OS/c1-6-23(7-2)13-17-11-9-8-10-16(17)12-21-19(24)18-15(5)22-20(25-18)14(3)4/h8-11,14H,6-7,12-13H2,1-5H3,(H,21,24). The van der Waals surface area contributed by atoms with Gasteiger partial charge in [-0.3, -0.25) is 9.69 Å². The molecule has 1 amide bonds. The van der Waals surface area contributed by atoms with E-state index >= 15 is 0 Å². The highest BCUT2D eigenvalue weighted by atomic mass is 32.1. The van der Waals surface area contributed by atoms with Gasteiger partial charge in [-0.15, -0.1) is 11.3 Å². The van der Waals surface area contributed by atoms with E-state index in [1.807, 2.05) is 13.0 Å². The first-order valence-corrected chi connectivity index (χ1v) is 9.82. The van der Waals surface area contributed by atoms with Crippen molar-refractivity contribution in [3.63, 3.8) is 0 Å². The van der Waals surface area contributed by atoms with Gasteiger partial charge in [0.15, 0.2) is 0 Å². The van der Waals surface area contributed by atoms with E-state index in [0.29, 0.717) is 12.5 Å². The van der Waals surface area contributed by atoms with Gasteiger partial charge in [-0.25, -0.2) is 4.98 Å². The minimum Gasteiger partial charge on any atom is -0.347 e. The SMILES string of the molecule is CCN(CC)Cc1ccccc1CNC(=O)c1sc(C(C)C)nc1C. The van der Waals surface area contributed by atoms with Gasteiger partial charge in [0.05, 0.1) is 10.7 Å². The highest BCUT2D eigenvalue weighted by Crippen LogP contribution is 2.24. The van der Waals surface area contributed by atoms with Crippen molar-refractivity contribution >= 4 is 17.2 Å². The predicted octanol–water partition coefficient (Wildman–Crippen LogP) is 4.35. The summed E-state index contributed by atoms with van der Waals surface area (Å²) < 4.78 is 0. The van der Waals surface area contributed by atoms with Gasteiger partial charge in [0, 0.05) is 19.0 Å². The van der Waals surface area contributed by atoms with Crippen LogP contribution in [0.15, 0.2) is 24.3 Å². The van der Waals surface area contributed by atoms with Crippen molar-refractivity contribution < 1.29 is 4.79 Å². The third-order valence-electron chi connectivity index (χ3n) is 4.36. The van der Waals surface area contributed by atoms with Crippen LogP contribution in [-0.2, 0) is 13.1 Å². The van der Waals surface area contributed by atoms with E-state index in [1.54, 1.807) is 0 Å². The normalized spacial score (nSPS) is 11.3. The number of hydrogen-bond donors (Lipinski definition) is 1. The van der Waals surface area contributed by atoms with Crippen LogP contribution in [0.2, 0.25) is 0 Å². The van der Waals surface area contributed by atoms with Crippen molar-refractivity contribution in [3.05, 3.63) is 51.0 Å². The maximum Gasteiger partial charge on any atom is 0.263 e. The maximum atomic E-state index is 12.6. The fraction of sp³-hybridized carbons (Fsp3) is 0.500. The first-order valence-electron chi connectivity index (χ1n) is 9.00. The molecule has 5 heteroatoms. The lowest BCUT2D eigenvalue weighted by Crippen LogP contribution is -2.26. The molecule has 136 valence electrons. The van der Waals surface area contributed by atoms with Gasteiger partial charge in [0.1, 0.15) is 4.88 Å². The first-order chi connectivity index (χ1) is 12.0. The minimum absolute atomic E-state index is 0.0282. The van der Waals surface area contributed by atoms with Crippen LogP contribution >= 0.6 is 11.3 Å². The molecule has 2 rings (SSSR count). The second kappa shape index (κ2) is 9.11. The molecule has 1 aromatic carbocycles. The lowest BCUT2D eigenvalue weighted by Gasteiger charge is -2.20. The van der Waals surface area contributed by atoms with Gasteiger partial charge in [-0.2, -0.15) is 0 Å². The molecule has 0 atom stereocenters. The molecule has 4 nitrogen and oxygen atoms in total. The third-order valence-corrected chi connectivity index (χ3v) is 5.82. The van der Waals surface area contributed by atoms with E-state index in [2.05, 4.69) is 61.1 Å². The zero-order valence-electron chi connectivity index (χ0n) is 15.9. The second-order valence-electron chi connectivity index (χ2n) is 6.53. The van der Waals surface area contributed by atoms with E-state index in [-0.39, 0.29) is 5.91 Å². The lowest BCUT2D eigenvalue weighted by molar-refractivity contribution is 0.0954. The number of thiazole rings is 1. The highest BCUT2D eigenvalue weighted by molar-refractivity contribution is 7.13. The summed E-state index contributed by atoms with van der Waals surface area (Å²) in [5, 5.41) is 4.09. The number of hydrogen-bond acceptors (Lipinski definition) is 4. The van der Waals surface area contributed by atoms with E-state index in [4.69, 9.17) is 0 Å². The van der Waals surface area contributed by atoms with Gasteiger partial charge in [0.25, 0.3) is 5.91 Å². The Hall–Kier alpha value is -1.72.